The molecule has 134 valence electrons. The Balaban J connectivity index is 0.00000312. The Morgan fingerprint density at radius 1 is 1.12 bits per heavy atom. The Morgan fingerprint density at radius 2 is 1.72 bits per heavy atom. The van der Waals surface area contributed by atoms with Gasteiger partial charge in [-0.2, -0.15) is 0 Å². The Bertz CT molecular complexity index is 723. The molecule has 0 radical (unpaired) electrons. The molecule has 0 aromatic heterocycles. The van der Waals surface area contributed by atoms with Crippen LogP contribution in [0.3, 0.4) is 0 Å². The molecule has 0 fully saturated rings. The van der Waals surface area contributed by atoms with E-state index < -0.39 is 23.7 Å². The number of methoxy groups -OCH3 is 1. The van der Waals surface area contributed by atoms with Crippen LogP contribution in [-0.4, -0.2) is 19.0 Å². The minimum atomic E-state index is -1.19. The van der Waals surface area contributed by atoms with Crippen molar-refractivity contribution in [2.24, 2.45) is 5.73 Å². The zero-order valence-electron chi connectivity index (χ0n) is 13.7. The second-order valence-corrected chi connectivity index (χ2v) is 5.24. The topological polar surface area (TPSA) is 81.4 Å². The van der Waals surface area contributed by atoms with Crippen LogP contribution in [-0.2, 0) is 27.3 Å². The van der Waals surface area contributed by atoms with Gasteiger partial charge in [0.05, 0.1) is 13.5 Å². The third kappa shape index (κ3) is 5.55. The summed E-state index contributed by atoms with van der Waals surface area (Å²) in [5.41, 5.74) is 7.32. The van der Waals surface area contributed by atoms with E-state index in [0.29, 0.717) is 6.54 Å². The number of benzene rings is 2. The number of hydrogen-bond donors (Lipinski definition) is 2. The molecule has 0 aliphatic heterocycles. The van der Waals surface area contributed by atoms with Gasteiger partial charge in [-0.25, -0.2) is 9.18 Å². The van der Waals surface area contributed by atoms with Gasteiger partial charge in [-0.05, 0) is 17.2 Å². The van der Waals surface area contributed by atoms with Crippen molar-refractivity contribution in [2.75, 3.05) is 7.11 Å². The van der Waals surface area contributed by atoms with Crippen molar-refractivity contribution in [1.82, 2.24) is 5.32 Å². The predicted octanol–water partition coefficient (Wildman–Crippen LogP) is 2.28. The quantitative estimate of drug-likeness (QED) is 0.768. The van der Waals surface area contributed by atoms with Crippen LogP contribution in [0, 0.1) is 5.82 Å². The Labute approximate surface area is 151 Å². The summed E-state index contributed by atoms with van der Waals surface area (Å²) in [7, 11) is 1.19. The van der Waals surface area contributed by atoms with Crippen LogP contribution in [0.25, 0.3) is 0 Å². The highest BCUT2D eigenvalue weighted by Gasteiger charge is 2.26. The second-order valence-electron chi connectivity index (χ2n) is 5.24. The number of ether oxygens (including phenoxy) is 1. The van der Waals surface area contributed by atoms with E-state index in [1.807, 2.05) is 12.1 Å². The normalized spacial score (nSPS) is 11.2. The molecular weight excluding hydrogens is 347 g/mol. The van der Waals surface area contributed by atoms with E-state index in [1.54, 1.807) is 18.2 Å². The molecule has 2 rings (SSSR count). The van der Waals surface area contributed by atoms with Crippen LogP contribution in [0.15, 0.2) is 48.5 Å². The van der Waals surface area contributed by atoms with E-state index in [0.717, 1.165) is 11.1 Å². The molecule has 0 heterocycles. The van der Waals surface area contributed by atoms with Gasteiger partial charge >= 0.3 is 5.97 Å². The first-order valence-corrected chi connectivity index (χ1v) is 7.44. The Morgan fingerprint density at radius 3 is 2.28 bits per heavy atom. The van der Waals surface area contributed by atoms with Gasteiger partial charge in [0.25, 0.3) is 0 Å². The molecule has 2 aromatic carbocycles. The summed E-state index contributed by atoms with van der Waals surface area (Å²) in [6.07, 6.45) is 0.0623. The molecule has 0 aliphatic carbocycles. The minimum absolute atomic E-state index is 0. The molecule has 3 N–H and O–H groups in total. The summed E-state index contributed by atoms with van der Waals surface area (Å²) in [5.74, 6) is -1.72. The number of rotatable bonds is 6. The fourth-order valence-corrected chi connectivity index (χ4v) is 2.28. The van der Waals surface area contributed by atoms with Crippen LogP contribution >= 0.6 is 12.4 Å². The molecule has 7 heteroatoms. The van der Waals surface area contributed by atoms with Crippen molar-refractivity contribution >= 4 is 24.3 Å². The van der Waals surface area contributed by atoms with Crippen molar-refractivity contribution in [2.45, 2.75) is 19.0 Å². The lowest BCUT2D eigenvalue weighted by Crippen LogP contribution is -2.36. The third-order valence-corrected chi connectivity index (χ3v) is 3.58. The summed E-state index contributed by atoms with van der Waals surface area (Å²) in [4.78, 5) is 24.1. The highest BCUT2D eigenvalue weighted by molar-refractivity contribution is 5.86. The van der Waals surface area contributed by atoms with Crippen LogP contribution < -0.4 is 11.1 Å². The van der Waals surface area contributed by atoms with E-state index in [1.165, 1.54) is 25.3 Å². The molecule has 0 spiro atoms. The fourth-order valence-electron chi connectivity index (χ4n) is 2.28. The van der Waals surface area contributed by atoms with E-state index in [4.69, 9.17) is 5.73 Å². The van der Waals surface area contributed by atoms with Crippen LogP contribution in [0.2, 0.25) is 0 Å². The van der Waals surface area contributed by atoms with Crippen molar-refractivity contribution < 1.29 is 18.7 Å². The smallest absolute Gasteiger partial charge is 0.333 e. The third-order valence-electron chi connectivity index (χ3n) is 3.58. The monoisotopic (exact) mass is 366 g/mol. The maximum Gasteiger partial charge on any atom is 0.333 e. The maximum absolute atomic E-state index is 13.9. The average molecular weight is 367 g/mol. The highest BCUT2D eigenvalue weighted by atomic mass is 35.5. The van der Waals surface area contributed by atoms with Crippen LogP contribution in [0.1, 0.15) is 22.7 Å². The molecule has 1 atom stereocenters. The predicted molar refractivity (Wildman–Crippen MR) is 94.6 cm³/mol. The van der Waals surface area contributed by atoms with Crippen molar-refractivity contribution in [3.05, 3.63) is 71.0 Å². The lowest BCUT2D eigenvalue weighted by Gasteiger charge is -2.17. The van der Waals surface area contributed by atoms with E-state index >= 15 is 0 Å². The molecular formula is C18H20ClFN2O3. The summed E-state index contributed by atoms with van der Waals surface area (Å²) in [6, 6.07) is 11.8. The zero-order valence-corrected chi connectivity index (χ0v) is 14.5. The first kappa shape index (κ1) is 20.6. The molecule has 2 aromatic rings. The molecule has 0 aliphatic rings. The number of amides is 1. The SMILES string of the molecule is COC(=O)C(NC(=O)Cc1ccc(CN)cc1)c1ccccc1F.Cl. The van der Waals surface area contributed by atoms with Crippen molar-refractivity contribution in [3.8, 4) is 0 Å². The van der Waals surface area contributed by atoms with E-state index in [9.17, 15) is 14.0 Å². The van der Waals surface area contributed by atoms with Gasteiger partial charge in [-0.1, -0.05) is 42.5 Å². The van der Waals surface area contributed by atoms with Gasteiger partial charge in [0.1, 0.15) is 5.82 Å². The van der Waals surface area contributed by atoms with Gasteiger partial charge in [-0.3, -0.25) is 4.79 Å². The van der Waals surface area contributed by atoms with Gasteiger partial charge in [0, 0.05) is 12.1 Å². The second kappa shape index (κ2) is 9.76. The van der Waals surface area contributed by atoms with E-state index in [-0.39, 0.29) is 24.4 Å². The fraction of sp³-hybridized carbons (Fsp3) is 0.222. The number of hydrogen-bond acceptors (Lipinski definition) is 4. The summed E-state index contributed by atoms with van der Waals surface area (Å²) in [5, 5.41) is 2.52. The van der Waals surface area contributed by atoms with Gasteiger partial charge in [-0.15, -0.1) is 12.4 Å². The van der Waals surface area contributed by atoms with E-state index in [2.05, 4.69) is 10.1 Å². The van der Waals surface area contributed by atoms with Crippen molar-refractivity contribution in [1.29, 1.82) is 0 Å². The number of esters is 1. The minimum Gasteiger partial charge on any atom is -0.467 e. The molecule has 1 unspecified atom stereocenters. The number of nitrogens with one attached hydrogen (secondary N) is 1. The molecule has 1 amide bonds. The summed E-state index contributed by atoms with van der Waals surface area (Å²) < 4.78 is 18.6. The summed E-state index contributed by atoms with van der Waals surface area (Å²) >= 11 is 0. The first-order chi connectivity index (χ1) is 11.5. The standard InChI is InChI=1S/C18H19FN2O3.ClH/c1-24-18(23)17(14-4-2-3-5-15(14)19)21-16(22)10-12-6-8-13(11-20)9-7-12;/h2-9,17H,10-11,20H2,1H3,(H,21,22);1H. The average Bonchev–Trinajstić information content (AvgIpc) is 2.60. The number of nitrogens with two attached hydrogens (primary N) is 1. The molecule has 0 saturated carbocycles. The number of halogens is 2. The molecule has 25 heavy (non-hydrogen) atoms. The first-order valence-electron chi connectivity index (χ1n) is 7.44. The van der Waals surface area contributed by atoms with Gasteiger partial charge in [0.2, 0.25) is 5.91 Å². The Kier molecular flexibility index (Phi) is 8.04. The van der Waals surface area contributed by atoms with Crippen molar-refractivity contribution in [3.63, 3.8) is 0 Å². The lowest BCUT2D eigenvalue weighted by atomic mass is 10.0. The van der Waals surface area contributed by atoms with Crippen LogP contribution in [0.5, 0.6) is 0 Å². The molecule has 0 saturated heterocycles. The molecule has 5 nitrogen and oxygen atoms in total. The number of carbonyl (C=O) groups is 2. The van der Waals surface area contributed by atoms with Crippen LogP contribution in [0.4, 0.5) is 4.39 Å². The number of carbonyl (C=O) groups excluding carboxylic acids is 2. The molecule has 0 bridgehead atoms. The Hall–Kier alpha value is -2.44. The maximum atomic E-state index is 13.9. The highest BCUT2D eigenvalue weighted by Crippen LogP contribution is 2.18. The zero-order chi connectivity index (χ0) is 17.5. The largest absolute Gasteiger partial charge is 0.467 e. The van der Waals surface area contributed by atoms with Gasteiger partial charge in [0.15, 0.2) is 6.04 Å². The lowest BCUT2D eigenvalue weighted by molar-refractivity contribution is -0.145. The summed E-state index contributed by atoms with van der Waals surface area (Å²) in [6.45, 7) is 0.421. The van der Waals surface area contributed by atoms with Gasteiger partial charge < -0.3 is 15.8 Å².